The highest BCUT2D eigenvalue weighted by atomic mass is 16.5. The number of carbonyl (C=O) groups excluding carboxylic acids is 2. The van der Waals surface area contributed by atoms with Gasteiger partial charge in [-0.3, -0.25) is 4.79 Å². The lowest BCUT2D eigenvalue weighted by Crippen LogP contribution is -2.51. The molecule has 0 saturated carbocycles. The van der Waals surface area contributed by atoms with Gasteiger partial charge < -0.3 is 24.9 Å². The van der Waals surface area contributed by atoms with E-state index in [1.165, 1.54) is 7.11 Å². The number of likely N-dealkylation sites (tertiary alicyclic amines) is 1. The van der Waals surface area contributed by atoms with Crippen LogP contribution in [0.15, 0.2) is 42.7 Å². The summed E-state index contributed by atoms with van der Waals surface area (Å²) in [4.78, 5) is 42.5. The van der Waals surface area contributed by atoms with Crippen molar-refractivity contribution in [3.05, 3.63) is 59.7 Å². The van der Waals surface area contributed by atoms with Crippen molar-refractivity contribution in [1.82, 2.24) is 30.2 Å². The van der Waals surface area contributed by atoms with E-state index in [0.717, 1.165) is 51.9 Å². The smallest absolute Gasteiger partial charge is 0.407 e. The molecule has 2 unspecified atom stereocenters. The molecular weight excluding hydrogens is 456 g/mol. The van der Waals surface area contributed by atoms with Crippen LogP contribution in [0.3, 0.4) is 0 Å². The highest BCUT2D eigenvalue weighted by molar-refractivity contribution is 5.86. The summed E-state index contributed by atoms with van der Waals surface area (Å²) in [7, 11) is 1.29. The minimum Gasteiger partial charge on any atom is -0.453 e. The highest BCUT2D eigenvalue weighted by Gasteiger charge is 2.37. The van der Waals surface area contributed by atoms with E-state index in [9.17, 15) is 9.59 Å². The SMILES string of the molecule is COC(=O)NC(C(=O)N1CCCC1c1nc2ccc(C#Cc3ccc4nc[nH]c4c3)cc2[nH]1)C(C)C. The van der Waals surface area contributed by atoms with Gasteiger partial charge in [0.2, 0.25) is 5.91 Å². The lowest BCUT2D eigenvalue weighted by molar-refractivity contribution is -0.135. The first kappa shape index (κ1) is 23.4. The molecule has 9 heteroatoms. The molecule has 3 N–H and O–H groups in total. The number of benzene rings is 2. The van der Waals surface area contributed by atoms with Crippen molar-refractivity contribution in [2.45, 2.75) is 38.8 Å². The van der Waals surface area contributed by atoms with Crippen LogP contribution in [-0.4, -0.2) is 56.5 Å². The summed E-state index contributed by atoms with van der Waals surface area (Å²) in [6.45, 7) is 4.42. The zero-order chi connectivity index (χ0) is 25.2. The molecule has 0 spiro atoms. The van der Waals surface area contributed by atoms with E-state index in [4.69, 9.17) is 9.72 Å². The summed E-state index contributed by atoms with van der Waals surface area (Å²) < 4.78 is 4.71. The van der Waals surface area contributed by atoms with Crippen LogP contribution in [0.5, 0.6) is 0 Å². The van der Waals surface area contributed by atoms with E-state index in [1.807, 2.05) is 55.1 Å². The predicted octanol–water partition coefficient (Wildman–Crippen LogP) is 3.88. The third kappa shape index (κ3) is 4.62. The summed E-state index contributed by atoms with van der Waals surface area (Å²) >= 11 is 0. The van der Waals surface area contributed by atoms with Gasteiger partial charge >= 0.3 is 6.09 Å². The minimum atomic E-state index is -0.662. The van der Waals surface area contributed by atoms with Gasteiger partial charge in [0.05, 0.1) is 41.5 Å². The molecule has 2 amide bonds. The lowest BCUT2D eigenvalue weighted by atomic mass is 10.0. The number of ether oxygens (including phenoxy) is 1. The number of H-pyrrole nitrogens is 2. The quantitative estimate of drug-likeness (QED) is 0.380. The van der Waals surface area contributed by atoms with Crippen molar-refractivity contribution in [2.75, 3.05) is 13.7 Å². The predicted molar refractivity (Wildman–Crippen MR) is 136 cm³/mol. The second kappa shape index (κ2) is 9.74. The van der Waals surface area contributed by atoms with Crippen LogP contribution in [0.4, 0.5) is 4.79 Å². The largest absolute Gasteiger partial charge is 0.453 e. The average molecular weight is 485 g/mol. The number of rotatable bonds is 4. The number of hydrogen-bond acceptors (Lipinski definition) is 5. The van der Waals surface area contributed by atoms with Crippen LogP contribution in [0.1, 0.15) is 49.7 Å². The maximum absolute atomic E-state index is 13.4. The fraction of sp³-hybridized carbons (Fsp3) is 0.333. The van der Waals surface area contributed by atoms with Crippen molar-refractivity contribution in [2.24, 2.45) is 5.92 Å². The lowest BCUT2D eigenvalue weighted by Gasteiger charge is -2.29. The molecule has 36 heavy (non-hydrogen) atoms. The molecule has 184 valence electrons. The van der Waals surface area contributed by atoms with Crippen LogP contribution in [-0.2, 0) is 9.53 Å². The number of aromatic nitrogens is 4. The molecule has 1 fully saturated rings. The van der Waals surface area contributed by atoms with E-state index in [1.54, 1.807) is 6.33 Å². The Morgan fingerprint density at radius 2 is 1.83 bits per heavy atom. The van der Waals surface area contributed by atoms with Gasteiger partial charge in [-0.2, -0.15) is 0 Å². The molecule has 1 saturated heterocycles. The number of nitrogens with one attached hydrogen (secondary N) is 3. The van der Waals surface area contributed by atoms with Crippen molar-refractivity contribution >= 4 is 34.1 Å². The molecule has 1 aliphatic heterocycles. The van der Waals surface area contributed by atoms with E-state index in [-0.39, 0.29) is 17.9 Å². The van der Waals surface area contributed by atoms with E-state index < -0.39 is 12.1 Å². The van der Waals surface area contributed by atoms with Gasteiger partial charge in [-0.05, 0) is 55.2 Å². The minimum absolute atomic E-state index is 0.0800. The zero-order valence-electron chi connectivity index (χ0n) is 20.5. The van der Waals surface area contributed by atoms with Gasteiger partial charge in [-0.1, -0.05) is 25.7 Å². The standard InChI is InChI=1S/C27H28N6O3/c1-16(2)24(32-27(35)36-3)26(34)33-12-4-5-23(33)25-30-20-11-9-18(14-22(20)31-25)7-6-17-8-10-19-21(13-17)29-15-28-19/h8-11,13-16,23-24H,4-5,12H2,1-3H3,(H,28,29)(H,30,31)(H,32,35). The fourth-order valence-corrected chi connectivity index (χ4v) is 4.62. The van der Waals surface area contributed by atoms with E-state index in [2.05, 4.69) is 32.1 Å². The average Bonchev–Trinajstić information content (AvgIpc) is 3.63. The monoisotopic (exact) mass is 484 g/mol. The Morgan fingerprint density at radius 1 is 1.11 bits per heavy atom. The van der Waals surface area contributed by atoms with Crippen molar-refractivity contribution in [3.8, 4) is 11.8 Å². The van der Waals surface area contributed by atoms with Crippen LogP contribution in [0.25, 0.3) is 22.1 Å². The number of amides is 2. The molecule has 9 nitrogen and oxygen atoms in total. The van der Waals surface area contributed by atoms with Crippen LogP contribution in [0.2, 0.25) is 0 Å². The Bertz CT molecular complexity index is 1490. The first-order valence-corrected chi connectivity index (χ1v) is 12.0. The second-order valence-corrected chi connectivity index (χ2v) is 9.29. The van der Waals surface area contributed by atoms with Crippen LogP contribution in [0, 0.1) is 17.8 Å². The third-order valence-electron chi connectivity index (χ3n) is 6.51. The molecule has 2 atom stereocenters. The normalized spacial score (nSPS) is 16.2. The topological polar surface area (TPSA) is 116 Å². The fourth-order valence-electron chi connectivity index (χ4n) is 4.62. The first-order valence-electron chi connectivity index (χ1n) is 12.0. The maximum Gasteiger partial charge on any atom is 0.407 e. The summed E-state index contributed by atoms with van der Waals surface area (Å²) in [5.74, 6) is 6.96. The van der Waals surface area contributed by atoms with Crippen LogP contribution < -0.4 is 5.32 Å². The Kier molecular flexibility index (Phi) is 6.34. The third-order valence-corrected chi connectivity index (χ3v) is 6.51. The van der Waals surface area contributed by atoms with E-state index in [0.29, 0.717) is 6.54 Å². The van der Waals surface area contributed by atoms with Gasteiger partial charge in [-0.15, -0.1) is 0 Å². The number of aromatic amines is 2. The maximum atomic E-state index is 13.4. The Morgan fingerprint density at radius 3 is 2.56 bits per heavy atom. The van der Waals surface area contributed by atoms with Gasteiger partial charge in [0.25, 0.3) is 0 Å². The number of nitrogens with zero attached hydrogens (tertiary/aromatic N) is 3. The molecule has 2 aromatic carbocycles. The zero-order valence-corrected chi connectivity index (χ0v) is 20.5. The van der Waals surface area contributed by atoms with Gasteiger partial charge in [0.15, 0.2) is 0 Å². The molecule has 0 bridgehead atoms. The summed E-state index contributed by atoms with van der Waals surface area (Å²) in [5, 5.41) is 2.68. The Labute approximate surface area is 208 Å². The molecule has 0 radical (unpaired) electrons. The van der Waals surface area contributed by atoms with Crippen LogP contribution >= 0.6 is 0 Å². The summed E-state index contributed by atoms with van der Waals surface area (Å²) in [5.41, 5.74) is 5.32. The Hall–Kier alpha value is -4.32. The molecular formula is C27H28N6O3. The van der Waals surface area contributed by atoms with Crippen molar-refractivity contribution in [3.63, 3.8) is 0 Å². The summed E-state index contributed by atoms with van der Waals surface area (Å²) in [6, 6.07) is 10.9. The number of alkyl carbamates (subject to hydrolysis) is 1. The number of imidazole rings is 2. The van der Waals surface area contributed by atoms with Gasteiger partial charge in [0.1, 0.15) is 11.9 Å². The molecule has 3 heterocycles. The Balaban J connectivity index is 1.37. The van der Waals surface area contributed by atoms with E-state index >= 15 is 0 Å². The van der Waals surface area contributed by atoms with Crippen molar-refractivity contribution in [1.29, 1.82) is 0 Å². The summed E-state index contributed by atoms with van der Waals surface area (Å²) in [6.07, 6.45) is 2.73. The number of fused-ring (bicyclic) bond motifs is 2. The molecule has 1 aliphatic rings. The highest BCUT2D eigenvalue weighted by Crippen LogP contribution is 2.32. The molecule has 0 aliphatic carbocycles. The molecule has 5 rings (SSSR count). The molecule has 2 aromatic heterocycles. The van der Waals surface area contributed by atoms with Gasteiger partial charge in [0, 0.05) is 17.7 Å². The number of hydrogen-bond donors (Lipinski definition) is 3. The second-order valence-electron chi connectivity index (χ2n) is 9.29. The first-order chi connectivity index (χ1) is 17.4. The van der Waals surface area contributed by atoms with Gasteiger partial charge in [-0.25, -0.2) is 14.8 Å². The number of carbonyl (C=O) groups is 2. The number of methoxy groups -OCH3 is 1. The molecule has 4 aromatic rings. The van der Waals surface area contributed by atoms with Crippen molar-refractivity contribution < 1.29 is 14.3 Å².